The third-order valence-corrected chi connectivity index (χ3v) is 4.41. The maximum absolute atomic E-state index is 12.2. The van der Waals surface area contributed by atoms with E-state index in [4.69, 9.17) is 0 Å². The van der Waals surface area contributed by atoms with Crippen LogP contribution in [0.5, 0.6) is 0 Å². The van der Waals surface area contributed by atoms with Crippen molar-refractivity contribution >= 4 is 15.7 Å². The predicted octanol–water partition coefficient (Wildman–Crippen LogP) is 2.85. The number of hydrogen-bond donors (Lipinski definition) is 2. The third-order valence-electron chi connectivity index (χ3n) is 3.03. The Balaban J connectivity index is 2.31. The summed E-state index contributed by atoms with van der Waals surface area (Å²) in [6, 6.07) is 13.4. The number of hydrogen-bond acceptors (Lipinski definition) is 3. The number of aliphatic hydroxyl groups excluding tert-OH is 1. The van der Waals surface area contributed by atoms with Gasteiger partial charge in [0.25, 0.3) is 10.0 Å². The smallest absolute Gasteiger partial charge is 0.261 e. The van der Waals surface area contributed by atoms with Crippen LogP contribution in [0, 0.1) is 6.92 Å². The molecule has 1 unspecified atom stereocenters. The van der Waals surface area contributed by atoms with Crippen LogP contribution in [0.4, 0.5) is 5.69 Å². The van der Waals surface area contributed by atoms with Crippen molar-refractivity contribution in [2.75, 3.05) is 4.72 Å². The molecule has 5 heteroatoms. The van der Waals surface area contributed by atoms with Gasteiger partial charge in [0.2, 0.25) is 0 Å². The Hall–Kier alpha value is -1.85. The lowest BCUT2D eigenvalue weighted by Crippen LogP contribution is -2.13. The summed E-state index contributed by atoms with van der Waals surface area (Å²) < 4.78 is 27.0. The number of aryl methyl sites for hydroxylation is 1. The van der Waals surface area contributed by atoms with E-state index in [0.717, 1.165) is 11.1 Å². The van der Waals surface area contributed by atoms with E-state index in [2.05, 4.69) is 4.72 Å². The average molecular weight is 291 g/mol. The molecule has 0 bridgehead atoms. The first kappa shape index (κ1) is 14.6. The molecule has 0 aliphatic carbocycles. The zero-order valence-electron chi connectivity index (χ0n) is 11.4. The van der Waals surface area contributed by atoms with E-state index < -0.39 is 16.1 Å². The van der Waals surface area contributed by atoms with Crippen molar-refractivity contribution in [3.05, 3.63) is 59.7 Å². The first-order valence-electron chi connectivity index (χ1n) is 6.26. The summed E-state index contributed by atoms with van der Waals surface area (Å²) in [6.07, 6.45) is -0.575. The van der Waals surface area contributed by atoms with Gasteiger partial charge in [0.1, 0.15) is 0 Å². The SMILES string of the molecule is Cc1cc(C(C)O)ccc1NS(=O)(=O)c1ccccc1. The van der Waals surface area contributed by atoms with Crippen LogP contribution in [0.1, 0.15) is 24.2 Å². The minimum absolute atomic E-state index is 0.221. The number of rotatable bonds is 4. The van der Waals surface area contributed by atoms with Crippen molar-refractivity contribution in [2.45, 2.75) is 24.8 Å². The van der Waals surface area contributed by atoms with Gasteiger partial charge >= 0.3 is 0 Å². The van der Waals surface area contributed by atoms with Crippen molar-refractivity contribution in [2.24, 2.45) is 0 Å². The molecular weight excluding hydrogens is 274 g/mol. The molecule has 0 spiro atoms. The van der Waals surface area contributed by atoms with Crippen LogP contribution in [0.15, 0.2) is 53.4 Å². The van der Waals surface area contributed by atoms with E-state index in [1.165, 1.54) is 0 Å². The Morgan fingerprint density at radius 3 is 2.30 bits per heavy atom. The molecule has 0 saturated carbocycles. The van der Waals surface area contributed by atoms with Crippen LogP contribution in [0.2, 0.25) is 0 Å². The first-order valence-corrected chi connectivity index (χ1v) is 7.75. The molecule has 2 rings (SSSR count). The van der Waals surface area contributed by atoms with Crippen LogP contribution in [-0.2, 0) is 10.0 Å². The maximum atomic E-state index is 12.2. The van der Waals surface area contributed by atoms with Gasteiger partial charge in [-0.1, -0.05) is 30.3 Å². The standard InChI is InChI=1S/C15H17NO3S/c1-11-10-13(12(2)17)8-9-15(11)16-20(18,19)14-6-4-3-5-7-14/h3-10,12,16-17H,1-2H3. The summed E-state index contributed by atoms with van der Waals surface area (Å²) in [7, 11) is -3.58. The summed E-state index contributed by atoms with van der Waals surface area (Å²) in [6.45, 7) is 3.47. The van der Waals surface area contributed by atoms with Gasteiger partial charge in [-0.2, -0.15) is 0 Å². The Labute approximate surface area is 119 Å². The highest BCUT2D eigenvalue weighted by molar-refractivity contribution is 7.92. The van der Waals surface area contributed by atoms with Gasteiger partial charge < -0.3 is 5.11 Å². The van der Waals surface area contributed by atoms with Crippen molar-refractivity contribution in [1.29, 1.82) is 0 Å². The third kappa shape index (κ3) is 3.18. The highest BCUT2D eigenvalue weighted by Crippen LogP contribution is 2.23. The lowest BCUT2D eigenvalue weighted by molar-refractivity contribution is 0.199. The second-order valence-electron chi connectivity index (χ2n) is 4.67. The van der Waals surface area contributed by atoms with Gasteiger partial charge in [-0.3, -0.25) is 4.72 Å². The van der Waals surface area contributed by atoms with E-state index in [1.807, 2.05) is 0 Å². The minimum atomic E-state index is -3.58. The summed E-state index contributed by atoms with van der Waals surface area (Å²) in [5.74, 6) is 0. The van der Waals surface area contributed by atoms with Gasteiger partial charge in [-0.05, 0) is 43.2 Å². The molecule has 2 N–H and O–H groups in total. The van der Waals surface area contributed by atoms with Crippen LogP contribution in [0.25, 0.3) is 0 Å². The molecular formula is C15H17NO3S. The topological polar surface area (TPSA) is 66.4 Å². The van der Waals surface area contributed by atoms with Crippen LogP contribution in [-0.4, -0.2) is 13.5 Å². The molecule has 106 valence electrons. The minimum Gasteiger partial charge on any atom is -0.389 e. The van der Waals surface area contributed by atoms with Crippen molar-refractivity contribution in [3.8, 4) is 0 Å². The molecule has 2 aromatic rings. The molecule has 20 heavy (non-hydrogen) atoms. The van der Waals surface area contributed by atoms with Crippen molar-refractivity contribution in [1.82, 2.24) is 0 Å². The Morgan fingerprint density at radius 1 is 1.10 bits per heavy atom. The monoisotopic (exact) mass is 291 g/mol. The number of sulfonamides is 1. The molecule has 4 nitrogen and oxygen atoms in total. The maximum Gasteiger partial charge on any atom is 0.261 e. The second-order valence-corrected chi connectivity index (χ2v) is 6.35. The molecule has 0 aliphatic heterocycles. The van der Waals surface area contributed by atoms with Crippen LogP contribution >= 0.6 is 0 Å². The highest BCUT2D eigenvalue weighted by atomic mass is 32.2. The Kier molecular flexibility index (Phi) is 4.11. The molecule has 0 aliphatic rings. The number of anilines is 1. The fourth-order valence-corrected chi connectivity index (χ4v) is 3.02. The van der Waals surface area contributed by atoms with Crippen molar-refractivity contribution < 1.29 is 13.5 Å². The summed E-state index contributed by atoms with van der Waals surface area (Å²) in [4.78, 5) is 0.221. The van der Waals surface area contributed by atoms with Crippen LogP contribution in [0.3, 0.4) is 0 Å². The largest absolute Gasteiger partial charge is 0.389 e. The molecule has 1 atom stereocenters. The second kappa shape index (κ2) is 5.64. The molecule has 0 heterocycles. The average Bonchev–Trinajstić information content (AvgIpc) is 2.41. The molecule has 0 amide bonds. The van der Waals surface area contributed by atoms with Gasteiger partial charge in [-0.25, -0.2) is 8.42 Å². The van der Waals surface area contributed by atoms with Crippen LogP contribution < -0.4 is 4.72 Å². The lowest BCUT2D eigenvalue weighted by Gasteiger charge is -2.13. The Morgan fingerprint density at radius 2 is 1.75 bits per heavy atom. The van der Waals surface area contributed by atoms with Gasteiger partial charge in [0.05, 0.1) is 16.7 Å². The van der Waals surface area contributed by atoms with Crippen molar-refractivity contribution in [3.63, 3.8) is 0 Å². The number of benzene rings is 2. The van der Waals surface area contributed by atoms with E-state index in [-0.39, 0.29) is 4.90 Å². The molecule has 2 aromatic carbocycles. The van der Waals surface area contributed by atoms with E-state index in [1.54, 1.807) is 62.4 Å². The molecule has 0 fully saturated rings. The van der Waals surface area contributed by atoms with Gasteiger partial charge in [-0.15, -0.1) is 0 Å². The molecule has 0 saturated heterocycles. The van der Waals surface area contributed by atoms with E-state index in [0.29, 0.717) is 5.69 Å². The Bertz CT molecular complexity index is 694. The fourth-order valence-electron chi connectivity index (χ4n) is 1.86. The fraction of sp³-hybridized carbons (Fsp3) is 0.200. The zero-order valence-corrected chi connectivity index (χ0v) is 12.2. The highest BCUT2D eigenvalue weighted by Gasteiger charge is 2.15. The zero-order chi connectivity index (χ0) is 14.8. The molecule has 0 radical (unpaired) electrons. The normalized spacial score (nSPS) is 12.9. The van der Waals surface area contributed by atoms with E-state index in [9.17, 15) is 13.5 Å². The quantitative estimate of drug-likeness (QED) is 0.910. The molecule has 0 aromatic heterocycles. The number of aliphatic hydroxyl groups is 1. The van der Waals surface area contributed by atoms with Gasteiger partial charge in [0.15, 0.2) is 0 Å². The summed E-state index contributed by atoms with van der Waals surface area (Å²) in [5, 5.41) is 9.51. The summed E-state index contributed by atoms with van der Waals surface area (Å²) >= 11 is 0. The number of nitrogens with one attached hydrogen (secondary N) is 1. The first-order chi connectivity index (χ1) is 9.40. The lowest BCUT2D eigenvalue weighted by atomic mass is 10.1. The van der Waals surface area contributed by atoms with Gasteiger partial charge in [0, 0.05) is 0 Å². The predicted molar refractivity (Wildman–Crippen MR) is 79.1 cm³/mol. The summed E-state index contributed by atoms with van der Waals surface area (Å²) in [5.41, 5.74) is 2.03. The van der Waals surface area contributed by atoms with E-state index >= 15 is 0 Å².